The number of nitrogens with zero attached hydrogens (tertiary/aromatic N) is 3. The first-order chi connectivity index (χ1) is 10.2. The van der Waals surface area contributed by atoms with Crippen LogP contribution in [-0.2, 0) is 11.2 Å². The maximum atomic E-state index is 12.7. The summed E-state index contributed by atoms with van der Waals surface area (Å²) in [6, 6.07) is 0.404. The van der Waals surface area contributed by atoms with Gasteiger partial charge in [0.15, 0.2) is 0 Å². The number of halogens is 1. The fraction of sp³-hybridized carbons (Fsp3) is 0.667. The second-order valence-electron chi connectivity index (χ2n) is 6.36. The lowest BCUT2D eigenvalue weighted by Crippen LogP contribution is -2.63. The highest BCUT2D eigenvalue weighted by atomic mass is 35.5. The Morgan fingerprint density at radius 1 is 1.33 bits per heavy atom. The summed E-state index contributed by atoms with van der Waals surface area (Å²) in [5.41, 5.74) is 0.595. The molecule has 0 radical (unpaired) electrons. The van der Waals surface area contributed by atoms with Crippen molar-refractivity contribution in [2.45, 2.75) is 56.5 Å². The maximum absolute atomic E-state index is 12.7. The summed E-state index contributed by atoms with van der Waals surface area (Å²) in [5.74, 6) is 1.04. The highest BCUT2D eigenvalue weighted by Crippen LogP contribution is 2.45. The van der Waals surface area contributed by atoms with E-state index in [1.54, 1.807) is 6.20 Å². The van der Waals surface area contributed by atoms with Crippen LogP contribution < -0.4 is 10.2 Å². The molecule has 1 aromatic rings. The molecule has 4 rings (SSSR count). The summed E-state index contributed by atoms with van der Waals surface area (Å²) in [4.78, 5) is 23.6. The molecule has 0 aromatic carbocycles. The van der Waals surface area contributed by atoms with Gasteiger partial charge in [0.1, 0.15) is 11.4 Å². The zero-order chi connectivity index (χ0) is 14.4. The molecule has 1 atom stereocenters. The van der Waals surface area contributed by atoms with Gasteiger partial charge in [0, 0.05) is 30.8 Å². The molecule has 1 aromatic heterocycles. The van der Waals surface area contributed by atoms with Gasteiger partial charge in [-0.3, -0.25) is 4.79 Å². The van der Waals surface area contributed by atoms with Gasteiger partial charge < -0.3 is 10.2 Å². The fourth-order valence-electron chi connectivity index (χ4n) is 4.26. The van der Waals surface area contributed by atoms with E-state index in [1.165, 1.54) is 12.8 Å². The molecule has 0 bridgehead atoms. The van der Waals surface area contributed by atoms with Crippen LogP contribution in [-0.4, -0.2) is 34.0 Å². The highest BCUT2D eigenvalue weighted by Gasteiger charge is 2.53. The third-order valence-electron chi connectivity index (χ3n) is 5.15. The Labute approximate surface area is 129 Å². The lowest BCUT2D eigenvalue weighted by atomic mass is 9.84. The van der Waals surface area contributed by atoms with E-state index in [0.717, 1.165) is 43.6 Å². The largest absolute Gasteiger partial charge is 0.354 e. The van der Waals surface area contributed by atoms with Crippen molar-refractivity contribution in [3.05, 3.63) is 17.0 Å². The van der Waals surface area contributed by atoms with Crippen molar-refractivity contribution in [2.75, 3.05) is 11.4 Å². The number of amides is 1. The standard InChI is InChI=1S/C15H19ClN4O/c16-14-18-9-10-8-15(6-3-7-17-13(15)21)20(12(10)19-14)11-4-1-2-5-11/h9,11H,1-8H2,(H,17,21). The van der Waals surface area contributed by atoms with E-state index in [0.29, 0.717) is 12.5 Å². The zero-order valence-electron chi connectivity index (χ0n) is 11.9. The number of aromatic nitrogens is 2. The molecule has 1 saturated carbocycles. The van der Waals surface area contributed by atoms with E-state index in [2.05, 4.69) is 20.2 Å². The predicted octanol–water partition coefficient (Wildman–Crippen LogP) is 2.08. The van der Waals surface area contributed by atoms with Crippen molar-refractivity contribution < 1.29 is 4.79 Å². The van der Waals surface area contributed by atoms with Crippen molar-refractivity contribution >= 4 is 23.3 Å². The summed E-state index contributed by atoms with van der Waals surface area (Å²) >= 11 is 6.01. The number of hydrogen-bond donors (Lipinski definition) is 1. The number of nitrogens with one attached hydrogen (secondary N) is 1. The SMILES string of the molecule is O=C1NCCCC12Cc1cnc(Cl)nc1N2C1CCCC1. The third kappa shape index (κ3) is 1.94. The Balaban J connectivity index is 1.82. The van der Waals surface area contributed by atoms with Gasteiger partial charge in [0.25, 0.3) is 0 Å². The Morgan fingerprint density at radius 3 is 2.90 bits per heavy atom. The minimum Gasteiger partial charge on any atom is -0.354 e. The summed E-state index contributed by atoms with van der Waals surface area (Å²) in [7, 11) is 0. The van der Waals surface area contributed by atoms with Gasteiger partial charge in [0.05, 0.1) is 0 Å². The maximum Gasteiger partial charge on any atom is 0.246 e. The van der Waals surface area contributed by atoms with Crippen molar-refractivity contribution in [3.8, 4) is 0 Å². The molecule has 21 heavy (non-hydrogen) atoms. The number of carbonyl (C=O) groups excluding carboxylic acids is 1. The second-order valence-corrected chi connectivity index (χ2v) is 6.70. The van der Waals surface area contributed by atoms with E-state index in [-0.39, 0.29) is 11.2 Å². The molecular formula is C15H19ClN4O. The molecule has 2 aliphatic heterocycles. The smallest absolute Gasteiger partial charge is 0.246 e. The fourth-order valence-corrected chi connectivity index (χ4v) is 4.39. The molecule has 2 fully saturated rings. The number of fused-ring (bicyclic) bond motifs is 1. The van der Waals surface area contributed by atoms with Gasteiger partial charge in [-0.05, 0) is 37.3 Å². The molecule has 6 heteroatoms. The van der Waals surface area contributed by atoms with Crippen LogP contribution in [0.1, 0.15) is 44.1 Å². The molecule has 1 spiro atoms. The zero-order valence-corrected chi connectivity index (χ0v) is 12.7. The van der Waals surface area contributed by atoms with Crippen LogP contribution in [0.4, 0.5) is 5.82 Å². The van der Waals surface area contributed by atoms with Crippen LogP contribution >= 0.6 is 11.6 Å². The molecule has 1 unspecified atom stereocenters. The molecule has 3 aliphatic rings. The average molecular weight is 307 g/mol. The molecule has 1 N–H and O–H groups in total. The summed E-state index contributed by atoms with van der Waals surface area (Å²) in [6.07, 6.45) is 9.14. The van der Waals surface area contributed by atoms with Gasteiger partial charge in [-0.25, -0.2) is 9.97 Å². The van der Waals surface area contributed by atoms with Crippen molar-refractivity contribution in [3.63, 3.8) is 0 Å². The Bertz CT molecular complexity index is 587. The number of hydrogen-bond acceptors (Lipinski definition) is 4. The van der Waals surface area contributed by atoms with Gasteiger partial charge >= 0.3 is 0 Å². The number of anilines is 1. The van der Waals surface area contributed by atoms with Gasteiger partial charge in [-0.15, -0.1) is 0 Å². The first kappa shape index (κ1) is 13.3. The predicted molar refractivity (Wildman–Crippen MR) is 80.5 cm³/mol. The van der Waals surface area contributed by atoms with Crippen molar-refractivity contribution in [1.82, 2.24) is 15.3 Å². The van der Waals surface area contributed by atoms with E-state index < -0.39 is 5.54 Å². The first-order valence-corrected chi connectivity index (χ1v) is 8.17. The van der Waals surface area contributed by atoms with Crippen LogP contribution in [0.25, 0.3) is 0 Å². The van der Waals surface area contributed by atoms with Crippen LogP contribution in [0.2, 0.25) is 5.28 Å². The third-order valence-corrected chi connectivity index (χ3v) is 5.33. The lowest BCUT2D eigenvalue weighted by molar-refractivity contribution is -0.128. The topological polar surface area (TPSA) is 58.1 Å². The molecule has 1 amide bonds. The quantitative estimate of drug-likeness (QED) is 0.807. The summed E-state index contributed by atoms with van der Waals surface area (Å²) in [5, 5.41) is 3.32. The van der Waals surface area contributed by atoms with Crippen LogP contribution in [0, 0.1) is 0 Å². The van der Waals surface area contributed by atoms with Crippen molar-refractivity contribution in [1.29, 1.82) is 0 Å². The van der Waals surface area contributed by atoms with Crippen LogP contribution in [0.15, 0.2) is 6.20 Å². The number of piperidine rings is 1. The molecule has 1 aliphatic carbocycles. The number of rotatable bonds is 1. The Hall–Kier alpha value is -1.36. The Morgan fingerprint density at radius 2 is 2.14 bits per heavy atom. The Kier molecular flexibility index (Phi) is 3.06. The minimum absolute atomic E-state index is 0.148. The molecule has 5 nitrogen and oxygen atoms in total. The molecule has 1 saturated heterocycles. The van der Waals surface area contributed by atoms with Gasteiger partial charge in [0.2, 0.25) is 11.2 Å². The van der Waals surface area contributed by atoms with Gasteiger partial charge in [-0.2, -0.15) is 0 Å². The van der Waals surface area contributed by atoms with E-state index in [9.17, 15) is 4.79 Å². The lowest BCUT2D eigenvalue weighted by Gasteiger charge is -2.44. The summed E-state index contributed by atoms with van der Waals surface area (Å²) in [6.45, 7) is 0.780. The molecular weight excluding hydrogens is 288 g/mol. The van der Waals surface area contributed by atoms with E-state index >= 15 is 0 Å². The van der Waals surface area contributed by atoms with Crippen LogP contribution in [0.3, 0.4) is 0 Å². The molecule has 112 valence electrons. The van der Waals surface area contributed by atoms with Crippen LogP contribution in [0.5, 0.6) is 0 Å². The monoisotopic (exact) mass is 306 g/mol. The van der Waals surface area contributed by atoms with Crippen molar-refractivity contribution in [2.24, 2.45) is 0 Å². The minimum atomic E-state index is -0.463. The summed E-state index contributed by atoms with van der Waals surface area (Å²) < 4.78 is 0. The first-order valence-electron chi connectivity index (χ1n) is 7.80. The second kappa shape index (κ2) is 4.83. The average Bonchev–Trinajstić information content (AvgIpc) is 3.08. The van der Waals surface area contributed by atoms with Gasteiger partial charge in [-0.1, -0.05) is 12.8 Å². The molecule has 3 heterocycles. The highest BCUT2D eigenvalue weighted by molar-refractivity contribution is 6.28. The van der Waals surface area contributed by atoms with E-state index in [1.807, 2.05) is 0 Å². The normalized spacial score (nSPS) is 29.0. The number of carbonyl (C=O) groups is 1. The van der Waals surface area contributed by atoms with E-state index in [4.69, 9.17) is 11.6 Å².